The highest BCUT2D eigenvalue weighted by Gasteiger charge is 2.31. The highest BCUT2D eigenvalue weighted by atomic mass is 19.1. The lowest BCUT2D eigenvalue weighted by Gasteiger charge is -2.37. The van der Waals surface area contributed by atoms with Crippen LogP contribution in [0.5, 0.6) is 0 Å². The van der Waals surface area contributed by atoms with Gasteiger partial charge in [0.1, 0.15) is 11.6 Å². The van der Waals surface area contributed by atoms with Crippen LogP contribution in [0.2, 0.25) is 0 Å². The van der Waals surface area contributed by atoms with Gasteiger partial charge < -0.3 is 4.74 Å². The highest BCUT2D eigenvalue weighted by Crippen LogP contribution is 2.42. The van der Waals surface area contributed by atoms with Gasteiger partial charge in [0.25, 0.3) is 0 Å². The van der Waals surface area contributed by atoms with Crippen LogP contribution in [0.15, 0.2) is 36.4 Å². The number of hydrogen-bond donors (Lipinski definition) is 0. The van der Waals surface area contributed by atoms with E-state index in [2.05, 4.69) is 13.8 Å². The van der Waals surface area contributed by atoms with Crippen molar-refractivity contribution < 1.29 is 13.5 Å². The van der Waals surface area contributed by atoms with E-state index in [0.29, 0.717) is 23.0 Å². The molecule has 2 aromatic rings. The first-order chi connectivity index (χ1) is 17.0. The zero-order valence-electron chi connectivity index (χ0n) is 21.6. The van der Waals surface area contributed by atoms with Crippen LogP contribution in [0.1, 0.15) is 108 Å². The molecule has 0 aromatic heterocycles. The maximum atomic E-state index is 15.2. The monoisotopic (exact) mass is 480 g/mol. The molecule has 3 heteroatoms. The molecule has 2 aliphatic carbocycles. The number of halogens is 2. The van der Waals surface area contributed by atoms with E-state index in [1.165, 1.54) is 57.4 Å². The van der Waals surface area contributed by atoms with Gasteiger partial charge in [-0.2, -0.15) is 0 Å². The summed E-state index contributed by atoms with van der Waals surface area (Å²) in [4.78, 5) is 0. The molecular formula is C32H42F2O. The zero-order valence-corrected chi connectivity index (χ0v) is 21.6. The van der Waals surface area contributed by atoms with E-state index in [4.69, 9.17) is 4.74 Å². The second-order valence-corrected chi connectivity index (χ2v) is 11.8. The van der Waals surface area contributed by atoms with E-state index in [0.717, 1.165) is 54.7 Å². The lowest BCUT2D eigenvalue weighted by molar-refractivity contribution is -0.0401. The van der Waals surface area contributed by atoms with Crippen LogP contribution in [-0.2, 0) is 4.74 Å². The van der Waals surface area contributed by atoms with Crippen LogP contribution in [0, 0.1) is 35.3 Å². The third-order valence-electron chi connectivity index (χ3n) is 9.58. The Bertz CT molecular complexity index is 977. The SMILES string of the molecule is CCC1CCC(c2ccc(-c3ccc(C4CCC(C5CCC(C)CC5)CO4)cc3F)cc2F)CC1. The first-order valence-corrected chi connectivity index (χ1v) is 14.2. The molecule has 1 saturated heterocycles. The molecule has 3 aliphatic rings. The molecule has 35 heavy (non-hydrogen) atoms. The molecule has 1 heterocycles. The summed E-state index contributed by atoms with van der Waals surface area (Å²) in [5.74, 6) is 2.93. The molecular weight excluding hydrogens is 438 g/mol. The Balaban J connectivity index is 1.22. The van der Waals surface area contributed by atoms with E-state index in [1.807, 2.05) is 24.3 Å². The Morgan fingerprint density at radius 2 is 1.51 bits per heavy atom. The van der Waals surface area contributed by atoms with Gasteiger partial charge in [0.15, 0.2) is 0 Å². The van der Waals surface area contributed by atoms with Crippen molar-refractivity contribution in [2.75, 3.05) is 6.61 Å². The summed E-state index contributed by atoms with van der Waals surface area (Å²) < 4.78 is 36.5. The number of hydrogen-bond acceptors (Lipinski definition) is 1. The molecule has 1 aliphatic heterocycles. The van der Waals surface area contributed by atoms with Crippen molar-refractivity contribution in [3.8, 4) is 11.1 Å². The Morgan fingerprint density at radius 1 is 0.771 bits per heavy atom. The largest absolute Gasteiger partial charge is 0.373 e. The summed E-state index contributed by atoms with van der Waals surface area (Å²) in [6, 6.07) is 10.7. The quantitative estimate of drug-likeness (QED) is 0.414. The van der Waals surface area contributed by atoms with Crippen LogP contribution in [0.4, 0.5) is 8.78 Å². The molecule has 1 nitrogen and oxygen atoms in total. The van der Waals surface area contributed by atoms with Gasteiger partial charge in [-0.15, -0.1) is 0 Å². The predicted molar refractivity (Wildman–Crippen MR) is 139 cm³/mol. The second kappa shape index (κ2) is 11.1. The van der Waals surface area contributed by atoms with Gasteiger partial charge in [-0.1, -0.05) is 57.4 Å². The molecule has 3 fully saturated rings. The average Bonchev–Trinajstić information content (AvgIpc) is 2.89. The van der Waals surface area contributed by atoms with E-state index < -0.39 is 0 Å². The topological polar surface area (TPSA) is 9.23 Å². The fourth-order valence-electron chi connectivity index (χ4n) is 7.04. The lowest BCUT2D eigenvalue weighted by Crippen LogP contribution is -2.29. The van der Waals surface area contributed by atoms with E-state index in [9.17, 15) is 0 Å². The minimum atomic E-state index is -0.287. The van der Waals surface area contributed by atoms with E-state index in [1.54, 1.807) is 6.07 Å². The summed E-state index contributed by atoms with van der Waals surface area (Å²) in [6.45, 7) is 5.40. The molecule has 0 bridgehead atoms. The first-order valence-electron chi connectivity index (χ1n) is 14.2. The minimum Gasteiger partial charge on any atom is -0.373 e. The zero-order chi connectivity index (χ0) is 24.4. The summed E-state index contributed by atoms with van der Waals surface area (Å²) in [7, 11) is 0. The molecule has 2 saturated carbocycles. The molecule has 2 unspecified atom stereocenters. The van der Waals surface area contributed by atoms with Gasteiger partial charge in [0.05, 0.1) is 12.7 Å². The summed E-state index contributed by atoms with van der Waals surface area (Å²) in [5.41, 5.74) is 2.80. The molecule has 0 spiro atoms. The van der Waals surface area contributed by atoms with Gasteiger partial charge in [0.2, 0.25) is 0 Å². The van der Waals surface area contributed by atoms with Gasteiger partial charge in [-0.3, -0.25) is 0 Å². The van der Waals surface area contributed by atoms with Crippen LogP contribution < -0.4 is 0 Å². The third kappa shape index (κ3) is 5.66. The van der Waals surface area contributed by atoms with Gasteiger partial charge in [0, 0.05) is 5.56 Å². The van der Waals surface area contributed by atoms with Crippen molar-refractivity contribution in [2.24, 2.45) is 23.7 Å². The second-order valence-electron chi connectivity index (χ2n) is 11.8. The number of rotatable bonds is 5. The van der Waals surface area contributed by atoms with Crippen molar-refractivity contribution in [3.63, 3.8) is 0 Å². The molecule has 190 valence electrons. The fraction of sp³-hybridized carbons (Fsp3) is 0.625. The average molecular weight is 481 g/mol. The number of ether oxygens (including phenoxy) is 1. The van der Waals surface area contributed by atoms with Crippen molar-refractivity contribution >= 4 is 0 Å². The van der Waals surface area contributed by atoms with Gasteiger partial charge >= 0.3 is 0 Å². The first kappa shape index (κ1) is 24.9. The standard InChI is InChI=1S/C32H42F2O/c1-3-22-6-10-24(11-7-22)28-15-12-25(18-30(28)33)29-16-13-26(19-31(29)34)32-17-14-27(20-35-32)23-8-4-21(2)5-9-23/h12-13,15-16,18-19,21-24,27,32H,3-11,14,17,20H2,1-2H3. The van der Waals surface area contributed by atoms with Crippen molar-refractivity contribution in [1.29, 1.82) is 0 Å². The Morgan fingerprint density at radius 3 is 2.14 bits per heavy atom. The molecule has 0 amide bonds. The van der Waals surface area contributed by atoms with Gasteiger partial charge in [-0.05, 0) is 110 Å². The van der Waals surface area contributed by atoms with Crippen LogP contribution in [0.25, 0.3) is 11.1 Å². The Labute approximate surface area is 210 Å². The Kier molecular flexibility index (Phi) is 7.92. The number of benzene rings is 2. The van der Waals surface area contributed by atoms with E-state index in [-0.39, 0.29) is 17.7 Å². The van der Waals surface area contributed by atoms with Crippen LogP contribution in [-0.4, -0.2) is 6.61 Å². The fourth-order valence-corrected chi connectivity index (χ4v) is 7.04. The maximum Gasteiger partial charge on any atom is 0.131 e. The van der Waals surface area contributed by atoms with Crippen LogP contribution in [0.3, 0.4) is 0 Å². The maximum absolute atomic E-state index is 15.2. The molecule has 2 aromatic carbocycles. The lowest BCUT2D eigenvalue weighted by atomic mass is 9.74. The van der Waals surface area contributed by atoms with Crippen molar-refractivity contribution in [1.82, 2.24) is 0 Å². The summed E-state index contributed by atoms with van der Waals surface area (Å²) in [5, 5.41) is 0. The van der Waals surface area contributed by atoms with Gasteiger partial charge in [-0.25, -0.2) is 8.78 Å². The van der Waals surface area contributed by atoms with Crippen LogP contribution >= 0.6 is 0 Å². The smallest absolute Gasteiger partial charge is 0.131 e. The highest BCUT2D eigenvalue weighted by molar-refractivity contribution is 5.65. The summed E-state index contributed by atoms with van der Waals surface area (Å²) in [6.07, 6.45) is 13.1. The molecule has 5 rings (SSSR count). The molecule has 2 atom stereocenters. The predicted octanol–water partition coefficient (Wildman–Crippen LogP) is 9.61. The molecule has 0 N–H and O–H groups in total. The normalized spacial score (nSPS) is 31.9. The van der Waals surface area contributed by atoms with Crippen molar-refractivity contribution in [2.45, 2.75) is 96.5 Å². The minimum absolute atomic E-state index is 0.0327. The molecule has 0 radical (unpaired) electrons. The van der Waals surface area contributed by atoms with E-state index >= 15 is 8.78 Å². The Hall–Kier alpha value is -1.74. The third-order valence-corrected chi connectivity index (χ3v) is 9.58. The summed E-state index contributed by atoms with van der Waals surface area (Å²) >= 11 is 0. The van der Waals surface area contributed by atoms with Crippen molar-refractivity contribution in [3.05, 3.63) is 59.2 Å².